The average molecular weight is 429 g/mol. The predicted octanol–water partition coefficient (Wildman–Crippen LogP) is 4.01. The van der Waals surface area contributed by atoms with Gasteiger partial charge in [-0.2, -0.15) is 0 Å². The zero-order valence-corrected chi connectivity index (χ0v) is 14.4. The molecule has 0 rings (SSSR count). The molecule has 0 aliphatic carbocycles. The molecule has 0 N–H and O–H groups in total. The SMILES string of the molecule is CCC[O][Ta]([Cl])([Cl])([O]CCC)[O]CCC. The van der Waals surface area contributed by atoms with Crippen molar-refractivity contribution in [1.29, 1.82) is 0 Å². The zero-order valence-electron chi connectivity index (χ0n) is 9.67. The Labute approximate surface area is 102 Å². The third kappa shape index (κ3) is 7.18. The van der Waals surface area contributed by atoms with Crippen LogP contribution in [0.15, 0.2) is 0 Å². The van der Waals surface area contributed by atoms with Crippen molar-refractivity contribution in [2.75, 3.05) is 19.8 Å². The van der Waals surface area contributed by atoms with Gasteiger partial charge in [-0.25, -0.2) is 0 Å². The van der Waals surface area contributed by atoms with Gasteiger partial charge in [0.25, 0.3) is 0 Å². The molecule has 0 amide bonds. The van der Waals surface area contributed by atoms with Gasteiger partial charge in [0, 0.05) is 0 Å². The molecule has 0 saturated heterocycles. The maximum absolute atomic E-state index is 6.24. The molecule has 0 aliphatic rings. The molecule has 0 radical (unpaired) electrons. The summed E-state index contributed by atoms with van der Waals surface area (Å²) in [7, 11) is 12.5. The minimum absolute atomic E-state index is 0.480. The predicted molar refractivity (Wildman–Crippen MR) is 60.4 cm³/mol. The van der Waals surface area contributed by atoms with Gasteiger partial charge in [-0.15, -0.1) is 0 Å². The molecule has 0 saturated carbocycles. The molecule has 0 aromatic carbocycles. The Kier molecular flexibility index (Phi) is 8.11. The molecular weight excluding hydrogens is 408 g/mol. The Balaban J connectivity index is 4.33. The number of halogens is 2. The first-order valence-corrected chi connectivity index (χ1v) is 17.3. The summed E-state index contributed by atoms with van der Waals surface area (Å²) < 4.78 is 16.4. The van der Waals surface area contributed by atoms with Crippen molar-refractivity contribution in [3.63, 3.8) is 0 Å². The van der Waals surface area contributed by atoms with Gasteiger partial charge >= 0.3 is 103 Å². The molecule has 0 aromatic heterocycles. The van der Waals surface area contributed by atoms with Crippen LogP contribution in [0.2, 0.25) is 0 Å². The second-order valence-electron chi connectivity index (χ2n) is 3.20. The number of rotatable bonds is 9. The molecule has 0 atom stereocenters. The molecule has 3 nitrogen and oxygen atoms in total. The summed E-state index contributed by atoms with van der Waals surface area (Å²) in [6.07, 6.45) is 2.53. The van der Waals surface area contributed by atoms with E-state index in [0.29, 0.717) is 19.8 Å². The normalized spacial score (nSPS) is 14.9. The van der Waals surface area contributed by atoms with Crippen LogP contribution >= 0.6 is 18.4 Å². The standard InChI is InChI=1S/3C3H7O.2ClH.Ta/c3*1-2-3-4;;;/h3*2-3H2,1H3;2*1H;/q3*-1;;;+5/p-2. The van der Waals surface area contributed by atoms with Crippen LogP contribution in [0.4, 0.5) is 0 Å². The summed E-state index contributed by atoms with van der Waals surface area (Å²) in [4.78, 5) is 0. The Morgan fingerprint density at radius 1 is 0.733 bits per heavy atom. The van der Waals surface area contributed by atoms with Gasteiger partial charge in [0.2, 0.25) is 0 Å². The van der Waals surface area contributed by atoms with E-state index in [-0.39, 0.29) is 0 Å². The Morgan fingerprint density at radius 3 is 1.20 bits per heavy atom. The Morgan fingerprint density at radius 2 is 1.00 bits per heavy atom. The first-order valence-electron chi connectivity index (χ1n) is 5.37. The van der Waals surface area contributed by atoms with E-state index in [0.717, 1.165) is 19.3 Å². The molecule has 0 fully saturated rings. The van der Waals surface area contributed by atoms with Crippen LogP contribution in [0, 0.1) is 0 Å². The van der Waals surface area contributed by atoms with Crippen molar-refractivity contribution in [3.8, 4) is 0 Å². The summed E-state index contributed by atoms with van der Waals surface area (Å²) in [6, 6.07) is 0. The van der Waals surface area contributed by atoms with E-state index in [1.54, 1.807) is 0 Å². The van der Waals surface area contributed by atoms with Crippen molar-refractivity contribution in [2.24, 2.45) is 0 Å². The summed E-state index contributed by atoms with van der Waals surface area (Å²) in [5.41, 5.74) is 0. The van der Waals surface area contributed by atoms with Crippen molar-refractivity contribution < 1.29 is 24.6 Å². The topological polar surface area (TPSA) is 27.7 Å². The van der Waals surface area contributed by atoms with Crippen molar-refractivity contribution in [2.45, 2.75) is 40.0 Å². The molecule has 0 bridgehead atoms. The van der Waals surface area contributed by atoms with Crippen LogP contribution < -0.4 is 0 Å². The van der Waals surface area contributed by atoms with Crippen molar-refractivity contribution >= 4 is 18.4 Å². The summed E-state index contributed by atoms with van der Waals surface area (Å²) in [5, 5.41) is 0. The van der Waals surface area contributed by atoms with Gasteiger partial charge < -0.3 is 0 Å². The molecule has 0 spiro atoms. The average Bonchev–Trinajstić information content (AvgIpc) is 2.22. The molecule has 0 aliphatic heterocycles. The van der Waals surface area contributed by atoms with Gasteiger partial charge in [0.05, 0.1) is 0 Å². The summed E-state index contributed by atoms with van der Waals surface area (Å²) in [5.74, 6) is 0. The molecule has 15 heavy (non-hydrogen) atoms. The minimum atomic E-state index is -4.80. The van der Waals surface area contributed by atoms with E-state index in [2.05, 4.69) is 0 Å². The molecular formula is C9H21Cl2O3Ta. The van der Waals surface area contributed by atoms with Crippen LogP contribution in [-0.4, -0.2) is 19.8 Å². The second kappa shape index (κ2) is 7.51. The third-order valence-electron chi connectivity index (χ3n) is 1.50. The second-order valence-corrected chi connectivity index (χ2v) is 22.0. The van der Waals surface area contributed by atoms with E-state index in [4.69, 9.17) is 28.1 Å². The summed E-state index contributed by atoms with van der Waals surface area (Å²) >= 11 is -4.80. The van der Waals surface area contributed by atoms with Crippen LogP contribution in [-0.2, 0) is 24.6 Å². The van der Waals surface area contributed by atoms with E-state index in [1.807, 2.05) is 20.8 Å². The van der Waals surface area contributed by atoms with Gasteiger partial charge in [-0.1, -0.05) is 0 Å². The fourth-order valence-corrected chi connectivity index (χ4v) is 10.1. The number of hydrogen-bond acceptors (Lipinski definition) is 3. The maximum atomic E-state index is 6.24. The van der Waals surface area contributed by atoms with E-state index in [1.165, 1.54) is 0 Å². The van der Waals surface area contributed by atoms with Crippen LogP contribution in [0.3, 0.4) is 0 Å². The molecule has 0 heterocycles. The van der Waals surface area contributed by atoms with Crippen molar-refractivity contribution in [1.82, 2.24) is 0 Å². The molecule has 0 aromatic rings. The van der Waals surface area contributed by atoms with Gasteiger partial charge in [-0.05, 0) is 0 Å². The zero-order chi connectivity index (χ0) is 11.8. The van der Waals surface area contributed by atoms with Gasteiger partial charge in [0.15, 0.2) is 0 Å². The fourth-order valence-electron chi connectivity index (χ4n) is 0.816. The summed E-state index contributed by atoms with van der Waals surface area (Å²) in [6.45, 7) is 7.41. The number of hydrogen-bond donors (Lipinski definition) is 0. The van der Waals surface area contributed by atoms with E-state index >= 15 is 0 Å². The first-order chi connectivity index (χ1) is 6.96. The Bertz CT molecular complexity index is 150. The van der Waals surface area contributed by atoms with E-state index < -0.39 is 14.8 Å². The van der Waals surface area contributed by atoms with Crippen molar-refractivity contribution in [3.05, 3.63) is 0 Å². The molecule has 6 heteroatoms. The Hall–Kier alpha value is 1.20. The third-order valence-corrected chi connectivity index (χ3v) is 12.6. The van der Waals surface area contributed by atoms with Gasteiger partial charge in [0.1, 0.15) is 0 Å². The fraction of sp³-hybridized carbons (Fsp3) is 1.00. The van der Waals surface area contributed by atoms with Gasteiger partial charge in [-0.3, -0.25) is 0 Å². The molecule has 0 unspecified atom stereocenters. The molecule has 94 valence electrons. The monoisotopic (exact) mass is 428 g/mol. The first kappa shape index (κ1) is 16.2. The van der Waals surface area contributed by atoms with Crippen LogP contribution in [0.5, 0.6) is 0 Å². The van der Waals surface area contributed by atoms with E-state index in [9.17, 15) is 0 Å². The van der Waals surface area contributed by atoms with Crippen LogP contribution in [0.25, 0.3) is 0 Å². The quantitative estimate of drug-likeness (QED) is 0.555. The van der Waals surface area contributed by atoms with Crippen LogP contribution in [0.1, 0.15) is 40.0 Å².